The van der Waals surface area contributed by atoms with Gasteiger partial charge in [0.05, 0.1) is 6.04 Å². The summed E-state index contributed by atoms with van der Waals surface area (Å²) in [6, 6.07) is 7.83. The molecular formula is C16H21ClN2O. The number of fused-ring (bicyclic) bond motifs is 1. The van der Waals surface area contributed by atoms with Crippen molar-refractivity contribution in [1.29, 1.82) is 0 Å². The highest BCUT2D eigenvalue weighted by molar-refractivity contribution is 6.31. The van der Waals surface area contributed by atoms with E-state index in [-0.39, 0.29) is 6.04 Å². The molecule has 2 aromatic rings. The number of hydrogen-bond donors (Lipinski definition) is 2. The normalized spacial score (nSPS) is 18.5. The zero-order valence-electron chi connectivity index (χ0n) is 11.6. The summed E-state index contributed by atoms with van der Waals surface area (Å²) in [4.78, 5) is 0. The average Bonchev–Trinajstić information content (AvgIpc) is 2.88. The molecule has 3 nitrogen and oxygen atoms in total. The van der Waals surface area contributed by atoms with Crippen LogP contribution in [0.3, 0.4) is 0 Å². The van der Waals surface area contributed by atoms with Gasteiger partial charge in [0.25, 0.3) is 0 Å². The number of furan rings is 1. The first-order chi connectivity index (χ1) is 9.76. The summed E-state index contributed by atoms with van der Waals surface area (Å²) in [6.07, 6.45) is 7.73. The third kappa shape index (κ3) is 3.00. The molecule has 1 aliphatic rings. The average molecular weight is 293 g/mol. The van der Waals surface area contributed by atoms with Crippen LogP contribution in [0.1, 0.15) is 50.3 Å². The van der Waals surface area contributed by atoms with E-state index in [4.69, 9.17) is 21.9 Å². The van der Waals surface area contributed by atoms with Crippen molar-refractivity contribution in [3.63, 3.8) is 0 Å². The Bertz CT molecular complexity index is 575. The number of benzene rings is 1. The molecule has 0 spiro atoms. The van der Waals surface area contributed by atoms with E-state index in [2.05, 4.69) is 11.5 Å². The van der Waals surface area contributed by atoms with Crippen LogP contribution in [0.5, 0.6) is 0 Å². The molecule has 0 bridgehead atoms. The van der Waals surface area contributed by atoms with Gasteiger partial charge in [-0.15, -0.1) is 0 Å². The van der Waals surface area contributed by atoms with Crippen molar-refractivity contribution in [3.05, 3.63) is 35.0 Å². The van der Waals surface area contributed by atoms with Crippen LogP contribution in [0.15, 0.2) is 28.7 Å². The Morgan fingerprint density at radius 1 is 1.25 bits per heavy atom. The molecule has 1 aliphatic carbocycles. The third-order valence-electron chi connectivity index (χ3n) is 4.34. The molecule has 4 heteroatoms. The molecule has 1 aromatic heterocycles. The molecule has 1 unspecified atom stereocenters. The SMILES string of the molecule is NNC(CC1CCCCC1)c1cc2cc(Cl)ccc2o1. The van der Waals surface area contributed by atoms with Gasteiger partial charge in [0.2, 0.25) is 0 Å². The molecule has 0 radical (unpaired) electrons. The van der Waals surface area contributed by atoms with E-state index in [1.807, 2.05) is 18.2 Å². The number of halogens is 1. The molecule has 0 saturated heterocycles. The summed E-state index contributed by atoms with van der Waals surface area (Å²) in [5, 5.41) is 1.77. The molecule has 1 heterocycles. The van der Waals surface area contributed by atoms with Gasteiger partial charge in [-0.2, -0.15) is 0 Å². The second kappa shape index (κ2) is 6.17. The number of nitrogens with two attached hydrogens (primary N) is 1. The predicted molar refractivity (Wildman–Crippen MR) is 82.5 cm³/mol. The number of hydrazine groups is 1. The highest BCUT2D eigenvalue weighted by atomic mass is 35.5. The van der Waals surface area contributed by atoms with Crippen molar-refractivity contribution in [3.8, 4) is 0 Å². The zero-order chi connectivity index (χ0) is 13.9. The highest BCUT2D eigenvalue weighted by Gasteiger charge is 2.22. The summed E-state index contributed by atoms with van der Waals surface area (Å²) < 4.78 is 5.92. The minimum atomic E-state index is 0.0873. The molecule has 1 atom stereocenters. The van der Waals surface area contributed by atoms with E-state index in [0.717, 1.165) is 34.1 Å². The van der Waals surface area contributed by atoms with E-state index in [1.54, 1.807) is 0 Å². The van der Waals surface area contributed by atoms with Gasteiger partial charge in [-0.3, -0.25) is 5.84 Å². The van der Waals surface area contributed by atoms with Crippen LogP contribution in [0.25, 0.3) is 11.0 Å². The van der Waals surface area contributed by atoms with Crippen molar-refractivity contribution in [2.75, 3.05) is 0 Å². The molecule has 20 heavy (non-hydrogen) atoms. The van der Waals surface area contributed by atoms with E-state index < -0.39 is 0 Å². The van der Waals surface area contributed by atoms with Crippen molar-refractivity contribution in [1.82, 2.24) is 5.43 Å². The predicted octanol–water partition coefficient (Wildman–Crippen LogP) is 4.56. The lowest BCUT2D eigenvalue weighted by molar-refractivity contribution is 0.284. The van der Waals surface area contributed by atoms with Crippen molar-refractivity contribution in [2.24, 2.45) is 11.8 Å². The summed E-state index contributed by atoms with van der Waals surface area (Å²) in [7, 11) is 0. The molecule has 3 rings (SSSR count). The number of rotatable bonds is 4. The van der Waals surface area contributed by atoms with Crippen LogP contribution in [-0.4, -0.2) is 0 Å². The fourth-order valence-electron chi connectivity index (χ4n) is 3.23. The van der Waals surface area contributed by atoms with Gasteiger partial charge in [-0.25, -0.2) is 5.43 Å². The van der Waals surface area contributed by atoms with Crippen molar-refractivity contribution in [2.45, 2.75) is 44.6 Å². The first kappa shape index (κ1) is 13.9. The monoisotopic (exact) mass is 292 g/mol. The molecule has 0 aliphatic heterocycles. The zero-order valence-corrected chi connectivity index (χ0v) is 12.3. The maximum Gasteiger partial charge on any atom is 0.134 e. The van der Waals surface area contributed by atoms with Gasteiger partial charge in [0, 0.05) is 10.4 Å². The molecule has 3 N–H and O–H groups in total. The van der Waals surface area contributed by atoms with Crippen LogP contribution in [0.4, 0.5) is 0 Å². The van der Waals surface area contributed by atoms with Crippen LogP contribution < -0.4 is 11.3 Å². The van der Waals surface area contributed by atoms with Gasteiger partial charge in [-0.1, -0.05) is 43.7 Å². The van der Waals surface area contributed by atoms with E-state index >= 15 is 0 Å². The Balaban J connectivity index is 1.79. The van der Waals surface area contributed by atoms with Gasteiger partial charge in [0.1, 0.15) is 11.3 Å². The Labute approximate surface area is 124 Å². The third-order valence-corrected chi connectivity index (χ3v) is 4.57. The van der Waals surface area contributed by atoms with Gasteiger partial charge in [-0.05, 0) is 36.6 Å². The lowest BCUT2D eigenvalue weighted by Crippen LogP contribution is -2.29. The molecule has 1 aromatic carbocycles. The van der Waals surface area contributed by atoms with Crippen molar-refractivity contribution < 1.29 is 4.42 Å². The first-order valence-corrected chi connectivity index (χ1v) is 7.79. The molecule has 1 fully saturated rings. The van der Waals surface area contributed by atoms with E-state index in [9.17, 15) is 0 Å². The number of hydrogen-bond acceptors (Lipinski definition) is 3. The topological polar surface area (TPSA) is 51.2 Å². The second-order valence-corrected chi connectivity index (χ2v) is 6.23. The fourth-order valence-corrected chi connectivity index (χ4v) is 3.41. The smallest absolute Gasteiger partial charge is 0.134 e. The lowest BCUT2D eigenvalue weighted by atomic mass is 9.84. The lowest BCUT2D eigenvalue weighted by Gasteiger charge is -2.25. The molecular weight excluding hydrogens is 272 g/mol. The maximum atomic E-state index is 6.02. The van der Waals surface area contributed by atoms with Crippen LogP contribution in [0.2, 0.25) is 5.02 Å². The summed E-state index contributed by atoms with van der Waals surface area (Å²) in [5.41, 5.74) is 3.78. The summed E-state index contributed by atoms with van der Waals surface area (Å²) >= 11 is 6.02. The molecule has 1 saturated carbocycles. The Kier molecular flexibility index (Phi) is 4.29. The maximum absolute atomic E-state index is 6.02. The Morgan fingerprint density at radius 2 is 2.05 bits per heavy atom. The minimum absolute atomic E-state index is 0.0873. The minimum Gasteiger partial charge on any atom is -0.459 e. The van der Waals surface area contributed by atoms with Gasteiger partial charge in [0.15, 0.2) is 0 Å². The van der Waals surface area contributed by atoms with Gasteiger partial charge >= 0.3 is 0 Å². The van der Waals surface area contributed by atoms with Crippen LogP contribution >= 0.6 is 11.6 Å². The Morgan fingerprint density at radius 3 is 2.80 bits per heavy atom. The summed E-state index contributed by atoms with van der Waals surface area (Å²) in [6.45, 7) is 0. The van der Waals surface area contributed by atoms with Gasteiger partial charge < -0.3 is 4.42 Å². The molecule has 0 amide bonds. The van der Waals surface area contributed by atoms with Crippen LogP contribution in [-0.2, 0) is 0 Å². The quantitative estimate of drug-likeness (QED) is 0.641. The Hall–Kier alpha value is -1.03. The van der Waals surface area contributed by atoms with E-state index in [1.165, 1.54) is 32.1 Å². The fraction of sp³-hybridized carbons (Fsp3) is 0.500. The standard InChI is InChI=1S/C16H21ClN2O/c17-13-6-7-15-12(9-13)10-16(20-15)14(19-18)8-11-4-2-1-3-5-11/h6-7,9-11,14,19H,1-5,8,18H2. The largest absolute Gasteiger partial charge is 0.459 e. The van der Waals surface area contributed by atoms with Crippen LogP contribution in [0, 0.1) is 5.92 Å². The number of nitrogens with one attached hydrogen (secondary N) is 1. The second-order valence-electron chi connectivity index (χ2n) is 5.79. The van der Waals surface area contributed by atoms with E-state index in [0.29, 0.717) is 0 Å². The first-order valence-electron chi connectivity index (χ1n) is 7.41. The molecule has 108 valence electrons. The summed E-state index contributed by atoms with van der Waals surface area (Å²) in [5.74, 6) is 7.40. The van der Waals surface area contributed by atoms with Crippen molar-refractivity contribution >= 4 is 22.6 Å². The highest BCUT2D eigenvalue weighted by Crippen LogP contribution is 2.34.